The van der Waals surface area contributed by atoms with Crippen molar-refractivity contribution >= 4 is 44.7 Å². The zero-order valence-electron chi connectivity index (χ0n) is 26.0. The van der Waals surface area contributed by atoms with Gasteiger partial charge in [0.2, 0.25) is 5.91 Å². The summed E-state index contributed by atoms with van der Waals surface area (Å²) in [5, 5.41) is 9.19. The molecule has 1 amide bonds. The third-order valence-electron chi connectivity index (χ3n) is 6.17. The summed E-state index contributed by atoms with van der Waals surface area (Å²) < 4.78 is 31.7. The average molecular weight is 644 g/mol. The van der Waals surface area contributed by atoms with Crippen molar-refractivity contribution in [3.63, 3.8) is 0 Å². The Morgan fingerprint density at radius 2 is 1.30 bits per heavy atom. The first-order valence-corrected chi connectivity index (χ1v) is 16.2. The highest BCUT2D eigenvalue weighted by molar-refractivity contribution is 7.85. The molecule has 0 saturated heterocycles. The summed E-state index contributed by atoms with van der Waals surface area (Å²) in [6.07, 6.45) is 1.97. The van der Waals surface area contributed by atoms with Gasteiger partial charge in [-0.2, -0.15) is 8.42 Å². The molecule has 10 nitrogen and oxygen atoms in total. The molecule has 11 heteroatoms. The molecule has 0 heterocycles. The number of anilines is 3. The second-order valence-electron chi connectivity index (χ2n) is 10.3. The zero-order chi connectivity index (χ0) is 33.9. The first kappa shape index (κ1) is 35.2. The number of ketones is 2. The number of carbonyl (C=O) groups excluding carboxylic acids is 3. The molecular formula is C35H37N3O7S. The van der Waals surface area contributed by atoms with Crippen LogP contribution in [0.1, 0.15) is 52.6 Å². The van der Waals surface area contributed by atoms with Gasteiger partial charge in [-0.25, -0.2) is 0 Å². The molecule has 240 valence electrons. The second-order valence-corrected chi connectivity index (χ2v) is 11.8. The Bertz CT molecular complexity index is 1800. The molecule has 0 radical (unpaired) electrons. The minimum Gasteiger partial charge on any atom is -0.457 e. The van der Waals surface area contributed by atoms with E-state index in [0.29, 0.717) is 52.2 Å². The van der Waals surface area contributed by atoms with E-state index in [2.05, 4.69) is 22.5 Å². The van der Waals surface area contributed by atoms with E-state index in [1.54, 1.807) is 24.3 Å². The van der Waals surface area contributed by atoms with Crippen LogP contribution in [0.2, 0.25) is 0 Å². The number of ether oxygens (including phenoxy) is 1. The van der Waals surface area contributed by atoms with Gasteiger partial charge < -0.3 is 20.7 Å². The lowest BCUT2D eigenvalue weighted by Gasteiger charge is -2.24. The maximum Gasteiger partial charge on any atom is 0.261 e. The topological polar surface area (TPSA) is 151 Å². The Morgan fingerprint density at radius 1 is 0.826 bits per heavy atom. The van der Waals surface area contributed by atoms with E-state index < -0.39 is 10.1 Å². The van der Waals surface area contributed by atoms with Crippen molar-refractivity contribution < 1.29 is 32.1 Å². The highest BCUT2D eigenvalue weighted by atomic mass is 32.2. The fraction of sp³-hybridized carbons (Fsp3) is 0.171. The number of likely N-dealkylation sites (N-methyl/N-ethyl adjacent to an activating group) is 1. The van der Waals surface area contributed by atoms with Crippen molar-refractivity contribution in [2.45, 2.75) is 26.8 Å². The molecule has 46 heavy (non-hydrogen) atoms. The van der Waals surface area contributed by atoms with Gasteiger partial charge in [0.25, 0.3) is 10.1 Å². The van der Waals surface area contributed by atoms with E-state index in [-0.39, 0.29) is 23.5 Å². The van der Waals surface area contributed by atoms with Gasteiger partial charge in [-0.3, -0.25) is 18.9 Å². The number of amides is 1. The molecule has 0 saturated carbocycles. The molecule has 4 aromatic rings. The minimum atomic E-state index is -3.67. The van der Waals surface area contributed by atoms with Crippen LogP contribution in [0.25, 0.3) is 0 Å². The molecular weight excluding hydrogens is 606 g/mol. The highest BCUT2D eigenvalue weighted by Crippen LogP contribution is 2.38. The van der Waals surface area contributed by atoms with Crippen molar-refractivity contribution in [2.75, 3.05) is 23.4 Å². The van der Waals surface area contributed by atoms with Crippen LogP contribution in [0.4, 0.5) is 17.1 Å². The van der Waals surface area contributed by atoms with Crippen molar-refractivity contribution in [3.05, 3.63) is 126 Å². The van der Waals surface area contributed by atoms with E-state index in [1.807, 2.05) is 87.5 Å². The Kier molecular flexibility index (Phi) is 12.4. The summed E-state index contributed by atoms with van der Waals surface area (Å²) in [5.41, 5.74) is 3.70. The SMILES string of the molecule is C=CC(=O)NCC.CC(C)Nc1ccc(Nc2ccc(Oc3ccccc3)cc2)c2c1C(=O)c1ccccc1C2=O.CS(=O)(=O)O. The summed E-state index contributed by atoms with van der Waals surface area (Å²) in [6, 6.07) is 27.8. The van der Waals surface area contributed by atoms with Gasteiger partial charge in [-0.15, -0.1) is 0 Å². The first-order valence-electron chi connectivity index (χ1n) is 14.4. The fourth-order valence-electron chi connectivity index (χ4n) is 4.39. The molecule has 0 atom stereocenters. The quantitative estimate of drug-likeness (QED) is 0.108. The molecule has 4 N–H and O–H groups in total. The van der Waals surface area contributed by atoms with Crippen LogP contribution in [-0.2, 0) is 14.9 Å². The van der Waals surface area contributed by atoms with E-state index >= 15 is 0 Å². The Morgan fingerprint density at radius 3 is 1.78 bits per heavy atom. The summed E-state index contributed by atoms with van der Waals surface area (Å²) >= 11 is 0. The van der Waals surface area contributed by atoms with Crippen molar-refractivity contribution in [1.29, 1.82) is 0 Å². The molecule has 0 spiro atoms. The summed E-state index contributed by atoms with van der Waals surface area (Å²) in [6.45, 7) is 9.80. The van der Waals surface area contributed by atoms with Gasteiger partial charge >= 0.3 is 0 Å². The van der Waals surface area contributed by atoms with Crippen LogP contribution >= 0.6 is 0 Å². The lowest BCUT2D eigenvalue weighted by molar-refractivity contribution is -0.116. The maximum atomic E-state index is 13.5. The van der Waals surface area contributed by atoms with Crippen molar-refractivity contribution in [1.82, 2.24) is 5.32 Å². The van der Waals surface area contributed by atoms with Gasteiger partial charge in [-0.1, -0.05) is 49.0 Å². The Hall–Kier alpha value is -5.26. The average Bonchev–Trinajstić information content (AvgIpc) is 3.01. The van der Waals surface area contributed by atoms with E-state index in [1.165, 1.54) is 6.08 Å². The lowest BCUT2D eigenvalue weighted by atomic mass is 9.82. The van der Waals surface area contributed by atoms with Crippen LogP contribution in [0, 0.1) is 0 Å². The molecule has 0 aromatic heterocycles. The van der Waals surface area contributed by atoms with Gasteiger partial charge in [0, 0.05) is 35.1 Å². The van der Waals surface area contributed by atoms with Crippen LogP contribution in [0.5, 0.6) is 11.5 Å². The number of nitrogens with one attached hydrogen (secondary N) is 3. The van der Waals surface area contributed by atoms with Gasteiger partial charge in [-0.05, 0) is 75.4 Å². The van der Waals surface area contributed by atoms with Gasteiger partial charge in [0.05, 0.1) is 23.1 Å². The van der Waals surface area contributed by atoms with Crippen LogP contribution in [0.15, 0.2) is 104 Å². The van der Waals surface area contributed by atoms with Crippen LogP contribution in [-0.4, -0.2) is 49.3 Å². The number of hydrogen-bond acceptors (Lipinski definition) is 8. The normalized spacial score (nSPS) is 11.4. The maximum absolute atomic E-state index is 13.5. The molecule has 4 aromatic carbocycles. The highest BCUT2D eigenvalue weighted by Gasteiger charge is 2.34. The van der Waals surface area contributed by atoms with Crippen molar-refractivity contribution in [2.24, 2.45) is 0 Å². The molecule has 5 rings (SSSR count). The van der Waals surface area contributed by atoms with Gasteiger partial charge in [0.15, 0.2) is 11.6 Å². The number of fused-ring (bicyclic) bond motifs is 2. The lowest BCUT2D eigenvalue weighted by Crippen LogP contribution is -2.25. The smallest absolute Gasteiger partial charge is 0.261 e. The predicted molar refractivity (Wildman–Crippen MR) is 181 cm³/mol. The molecule has 0 bridgehead atoms. The number of benzene rings is 4. The molecule has 0 unspecified atom stereocenters. The molecule has 1 aliphatic rings. The number of hydrogen-bond donors (Lipinski definition) is 4. The van der Waals surface area contributed by atoms with Crippen LogP contribution < -0.4 is 20.7 Å². The summed E-state index contributed by atoms with van der Waals surface area (Å²) in [7, 11) is -3.67. The van der Waals surface area contributed by atoms with E-state index in [0.717, 1.165) is 11.4 Å². The van der Waals surface area contributed by atoms with E-state index in [4.69, 9.17) is 9.29 Å². The first-order chi connectivity index (χ1) is 21.8. The molecule has 0 fully saturated rings. The second kappa shape index (κ2) is 16.2. The zero-order valence-corrected chi connectivity index (χ0v) is 26.9. The largest absolute Gasteiger partial charge is 0.457 e. The predicted octanol–water partition coefficient (Wildman–Crippen LogP) is 6.63. The number of carbonyl (C=O) groups is 3. The third-order valence-corrected chi connectivity index (χ3v) is 6.17. The van der Waals surface area contributed by atoms with Gasteiger partial charge in [0.1, 0.15) is 11.5 Å². The standard InChI is InChI=1S/C29H24N2O3.C5H9NO.CH4O3S/c1-18(2)30-24-16-17-25(27-26(24)28(32)22-10-6-7-11-23(22)29(27)33)31-19-12-14-21(15-13-19)34-20-8-4-3-5-9-20;1-3-5(7)6-4-2;1-5(2,3)4/h3-18,30-31H,1-2H3;3H,1,4H2,2H3,(H,6,7);1H3,(H,2,3,4). The van der Waals surface area contributed by atoms with Crippen LogP contribution in [0.3, 0.4) is 0 Å². The number of rotatable bonds is 8. The fourth-order valence-corrected chi connectivity index (χ4v) is 4.39. The Balaban J connectivity index is 0.000000410. The molecule has 0 aliphatic heterocycles. The number of para-hydroxylation sites is 1. The monoisotopic (exact) mass is 643 g/mol. The minimum absolute atomic E-state index is 0.109. The summed E-state index contributed by atoms with van der Waals surface area (Å²) in [5.74, 6) is 1.04. The Labute approximate surface area is 269 Å². The van der Waals surface area contributed by atoms with Crippen molar-refractivity contribution in [3.8, 4) is 11.5 Å². The molecule has 1 aliphatic carbocycles. The summed E-state index contributed by atoms with van der Waals surface area (Å²) in [4.78, 5) is 37.1. The van der Waals surface area contributed by atoms with E-state index in [9.17, 15) is 22.8 Å². The third kappa shape index (κ3) is 10.1.